The van der Waals surface area contributed by atoms with Crippen molar-refractivity contribution in [1.82, 2.24) is 0 Å². The van der Waals surface area contributed by atoms with Gasteiger partial charge in [-0.3, -0.25) is 0 Å². The van der Waals surface area contributed by atoms with Gasteiger partial charge in [-0.1, -0.05) is 31.9 Å². The zero-order valence-electron chi connectivity index (χ0n) is 7.04. The SMILES string of the molecule is C[C@H](O)[C@@H](O)c1cc(Br)cc(Br)c1. The first-order valence-electron chi connectivity index (χ1n) is 3.83. The molecule has 1 rings (SSSR count). The first-order valence-corrected chi connectivity index (χ1v) is 5.41. The Morgan fingerprint density at radius 2 is 1.54 bits per heavy atom. The van der Waals surface area contributed by atoms with E-state index in [9.17, 15) is 10.2 Å². The molecule has 0 aliphatic rings. The maximum atomic E-state index is 9.56. The molecule has 2 nitrogen and oxygen atoms in total. The number of halogens is 2. The maximum absolute atomic E-state index is 9.56. The summed E-state index contributed by atoms with van der Waals surface area (Å²) in [5.74, 6) is 0. The molecule has 2 N–H and O–H groups in total. The van der Waals surface area contributed by atoms with Crippen molar-refractivity contribution in [1.29, 1.82) is 0 Å². The number of hydrogen-bond acceptors (Lipinski definition) is 2. The van der Waals surface area contributed by atoms with Gasteiger partial charge in [0.25, 0.3) is 0 Å². The van der Waals surface area contributed by atoms with Gasteiger partial charge in [-0.25, -0.2) is 0 Å². The highest BCUT2D eigenvalue weighted by Crippen LogP contribution is 2.25. The Kier molecular flexibility index (Phi) is 3.91. The second-order valence-electron chi connectivity index (χ2n) is 2.89. The van der Waals surface area contributed by atoms with Gasteiger partial charge in [-0.15, -0.1) is 0 Å². The molecule has 0 aliphatic carbocycles. The second kappa shape index (κ2) is 4.55. The zero-order valence-corrected chi connectivity index (χ0v) is 10.2. The summed E-state index contributed by atoms with van der Waals surface area (Å²) in [6.07, 6.45) is -1.60. The van der Waals surface area contributed by atoms with E-state index in [1.165, 1.54) is 0 Å². The highest BCUT2D eigenvalue weighted by atomic mass is 79.9. The third-order valence-corrected chi connectivity index (χ3v) is 2.60. The van der Waals surface area contributed by atoms with Crippen molar-refractivity contribution < 1.29 is 10.2 Å². The first-order chi connectivity index (χ1) is 6.00. The standard InChI is InChI=1S/C9H10Br2O2/c1-5(12)9(13)6-2-7(10)4-8(11)3-6/h2-5,9,12-13H,1H3/t5-,9+/m0/s1. The van der Waals surface area contributed by atoms with E-state index in [-0.39, 0.29) is 0 Å². The van der Waals surface area contributed by atoms with Gasteiger partial charge in [-0.2, -0.15) is 0 Å². The van der Waals surface area contributed by atoms with Crippen LogP contribution in [0.1, 0.15) is 18.6 Å². The van der Waals surface area contributed by atoms with E-state index in [4.69, 9.17) is 0 Å². The average molecular weight is 310 g/mol. The molecule has 13 heavy (non-hydrogen) atoms. The molecule has 0 heterocycles. The van der Waals surface area contributed by atoms with Crippen LogP contribution in [0.2, 0.25) is 0 Å². The monoisotopic (exact) mass is 308 g/mol. The Bertz CT molecular complexity index is 279. The number of aliphatic hydroxyl groups excluding tert-OH is 2. The van der Waals surface area contributed by atoms with E-state index in [0.29, 0.717) is 5.56 Å². The molecule has 0 spiro atoms. The molecule has 0 fully saturated rings. The van der Waals surface area contributed by atoms with E-state index in [0.717, 1.165) is 8.95 Å². The lowest BCUT2D eigenvalue weighted by Crippen LogP contribution is -2.13. The minimum atomic E-state index is -0.839. The molecule has 0 saturated heterocycles. The maximum Gasteiger partial charge on any atom is 0.105 e. The Balaban J connectivity index is 3.01. The lowest BCUT2D eigenvalue weighted by atomic mass is 10.1. The summed E-state index contributed by atoms with van der Waals surface area (Å²) in [6, 6.07) is 5.43. The van der Waals surface area contributed by atoms with Crippen LogP contribution in [0, 0.1) is 0 Å². The van der Waals surface area contributed by atoms with Crippen LogP contribution in [0.5, 0.6) is 0 Å². The number of rotatable bonds is 2. The summed E-state index contributed by atoms with van der Waals surface area (Å²) in [7, 11) is 0. The lowest BCUT2D eigenvalue weighted by Gasteiger charge is -2.14. The topological polar surface area (TPSA) is 40.5 Å². The van der Waals surface area contributed by atoms with Gasteiger partial charge in [0, 0.05) is 8.95 Å². The van der Waals surface area contributed by atoms with Crippen LogP contribution in [0.25, 0.3) is 0 Å². The Labute approximate surface area is 93.8 Å². The van der Waals surface area contributed by atoms with Crippen LogP contribution in [-0.2, 0) is 0 Å². The molecule has 1 aromatic carbocycles. The molecule has 0 amide bonds. The molecule has 72 valence electrons. The smallest absolute Gasteiger partial charge is 0.105 e. The van der Waals surface area contributed by atoms with Crippen molar-refractivity contribution >= 4 is 31.9 Å². The summed E-state index contributed by atoms with van der Waals surface area (Å²) >= 11 is 6.62. The van der Waals surface area contributed by atoms with Crippen molar-refractivity contribution in [3.8, 4) is 0 Å². The molecule has 4 heteroatoms. The molecule has 0 radical (unpaired) electrons. The van der Waals surface area contributed by atoms with Crippen molar-refractivity contribution in [2.45, 2.75) is 19.1 Å². The molecular formula is C9H10Br2O2. The summed E-state index contributed by atoms with van der Waals surface area (Å²) in [4.78, 5) is 0. The molecule has 0 unspecified atom stereocenters. The van der Waals surface area contributed by atoms with Crippen molar-refractivity contribution in [2.75, 3.05) is 0 Å². The molecule has 0 aliphatic heterocycles. The predicted octanol–water partition coefficient (Wildman–Crippen LogP) is 2.63. The molecular weight excluding hydrogens is 300 g/mol. The Morgan fingerprint density at radius 3 is 1.92 bits per heavy atom. The van der Waals surface area contributed by atoms with Crippen LogP contribution >= 0.6 is 31.9 Å². The molecule has 0 aromatic heterocycles. The zero-order chi connectivity index (χ0) is 10.0. The van der Waals surface area contributed by atoms with E-state index in [1.807, 2.05) is 6.07 Å². The van der Waals surface area contributed by atoms with E-state index in [2.05, 4.69) is 31.9 Å². The van der Waals surface area contributed by atoms with Crippen LogP contribution in [0.3, 0.4) is 0 Å². The fourth-order valence-electron chi connectivity index (χ4n) is 1.02. The fourth-order valence-corrected chi connectivity index (χ4v) is 2.35. The molecule has 2 atom stereocenters. The highest BCUT2D eigenvalue weighted by Gasteiger charge is 2.14. The van der Waals surface area contributed by atoms with E-state index < -0.39 is 12.2 Å². The number of aliphatic hydroxyl groups is 2. The lowest BCUT2D eigenvalue weighted by molar-refractivity contribution is 0.0305. The van der Waals surface area contributed by atoms with Gasteiger partial charge in [-0.05, 0) is 30.7 Å². The molecule has 0 saturated carbocycles. The van der Waals surface area contributed by atoms with Crippen LogP contribution in [0.15, 0.2) is 27.1 Å². The predicted molar refractivity (Wildman–Crippen MR) is 58.5 cm³/mol. The van der Waals surface area contributed by atoms with Crippen LogP contribution in [0.4, 0.5) is 0 Å². The van der Waals surface area contributed by atoms with Gasteiger partial charge < -0.3 is 10.2 Å². The molecule has 0 bridgehead atoms. The van der Waals surface area contributed by atoms with Gasteiger partial charge in [0.2, 0.25) is 0 Å². The second-order valence-corrected chi connectivity index (χ2v) is 4.72. The summed E-state index contributed by atoms with van der Waals surface area (Å²) in [6.45, 7) is 1.56. The van der Waals surface area contributed by atoms with Gasteiger partial charge in [0.15, 0.2) is 0 Å². The van der Waals surface area contributed by atoms with E-state index in [1.54, 1.807) is 19.1 Å². The number of benzene rings is 1. The van der Waals surface area contributed by atoms with Gasteiger partial charge in [0.1, 0.15) is 6.10 Å². The van der Waals surface area contributed by atoms with Gasteiger partial charge >= 0.3 is 0 Å². The Hall–Kier alpha value is 0.1000. The Morgan fingerprint density at radius 1 is 1.08 bits per heavy atom. The van der Waals surface area contributed by atoms with Crippen molar-refractivity contribution in [2.24, 2.45) is 0 Å². The minimum absolute atomic E-state index is 0.691. The number of hydrogen-bond donors (Lipinski definition) is 2. The third-order valence-electron chi connectivity index (χ3n) is 1.68. The highest BCUT2D eigenvalue weighted by molar-refractivity contribution is 9.11. The average Bonchev–Trinajstić information content (AvgIpc) is 2.01. The van der Waals surface area contributed by atoms with Gasteiger partial charge in [0.05, 0.1) is 6.10 Å². The normalized spacial score (nSPS) is 15.5. The third kappa shape index (κ3) is 3.06. The fraction of sp³-hybridized carbons (Fsp3) is 0.333. The first kappa shape index (κ1) is 11.2. The van der Waals surface area contributed by atoms with Crippen LogP contribution in [-0.4, -0.2) is 16.3 Å². The quantitative estimate of drug-likeness (QED) is 0.881. The minimum Gasteiger partial charge on any atom is -0.390 e. The summed E-state index contributed by atoms with van der Waals surface area (Å²) in [5.41, 5.74) is 0.691. The van der Waals surface area contributed by atoms with Crippen molar-refractivity contribution in [3.05, 3.63) is 32.7 Å². The summed E-state index contributed by atoms with van der Waals surface area (Å²) < 4.78 is 1.74. The molecule has 1 aromatic rings. The largest absolute Gasteiger partial charge is 0.390 e. The van der Waals surface area contributed by atoms with E-state index >= 15 is 0 Å². The van der Waals surface area contributed by atoms with Crippen molar-refractivity contribution in [3.63, 3.8) is 0 Å². The summed E-state index contributed by atoms with van der Waals surface area (Å²) in [5, 5.41) is 18.7. The van der Waals surface area contributed by atoms with Crippen LogP contribution < -0.4 is 0 Å².